The molecule has 4 heteroatoms. The van der Waals surface area contributed by atoms with Crippen LogP contribution in [0.3, 0.4) is 0 Å². The maximum Gasteiger partial charge on any atom is 0.225 e. The second-order valence-electron chi connectivity index (χ2n) is 4.07. The molecule has 1 aromatic heterocycles. The molecule has 2 rings (SSSR count). The van der Waals surface area contributed by atoms with E-state index in [0.29, 0.717) is 6.04 Å². The van der Waals surface area contributed by atoms with Crippen molar-refractivity contribution in [2.45, 2.75) is 37.1 Å². The Balaban J connectivity index is 2.07. The molecule has 3 nitrogen and oxygen atoms in total. The molecule has 0 N–H and O–H groups in total. The summed E-state index contributed by atoms with van der Waals surface area (Å²) in [6.45, 7) is 0. The fourth-order valence-electron chi connectivity index (χ4n) is 2.05. The van der Waals surface area contributed by atoms with Crippen LogP contribution in [0, 0.1) is 0 Å². The molecule has 1 aromatic rings. The van der Waals surface area contributed by atoms with Crippen molar-refractivity contribution in [3.05, 3.63) is 18.0 Å². The standard InChI is InChI=1S/C11H16BrN3/c1-15(10-4-2-3-5-10)11-13-7-9(6-12)8-14-11/h7-8,10H,2-6H2,1H3. The normalized spacial score (nSPS) is 16.9. The minimum absolute atomic E-state index is 0.639. The van der Waals surface area contributed by atoms with E-state index in [1.807, 2.05) is 12.4 Å². The van der Waals surface area contributed by atoms with Gasteiger partial charge in [0.2, 0.25) is 5.95 Å². The number of hydrogen-bond donors (Lipinski definition) is 0. The highest BCUT2D eigenvalue weighted by Crippen LogP contribution is 2.24. The highest BCUT2D eigenvalue weighted by Gasteiger charge is 2.21. The molecule has 1 fully saturated rings. The molecule has 1 aliphatic carbocycles. The molecule has 0 aliphatic heterocycles. The molecule has 0 spiro atoms. The van der Waals surface area contributed by atoms with Gasteiger partial charge >= 0.3 is 0 Å². The van der Waals surface area contributed by atoms with Gasteiger partial charge < -0.3 is 4.90 Å². The van der Waals surface area contributed by atoms with Gasteiger partial charge in [0.25, 0.3) is 0 Å². The Morgan fingerprint density at radius 2 is 1.93 bits per heavy atom. The third kappa shape index (κ3) is 2.48. The molecule has 15 heavy (non-hydrogen) atoms. The Labute approximate surface area is 99.0 Å². The van der Waals surface area contributed by atoms with Crippen LogP contribution in [-0.2, 0) is 5.33 Å². The van der Waals surface area contributed by atoms with Crippen LogP contribution in [-0.4, -0.2) is 23.1 Å². The zero-order chi connectivity index (χ0) is 10.7. The van der Waals surface area contributed by atoms with Crippen LogP contribution in [0.2, 0.25) is 0 Å². The van der Waals surface area contributed by atoms with Crippen LogP contribution < -0.4 is 4.90 Å². The van der Waals surface area contributed by atoms with E-state index >= 15 is 0 Å². The van der Waals surface area contributed by atoms with E-state index in [4.69, 9.17) is 0 Å². The lowest BCUT2D eigenvalue weighted by Gasteiger charge is -2.23. The predicted octanol–water partition coefficient (Wildman–Crippen LogP) is 2.75. The fraction of sp³-hybridized carbons (Fsp3) is 0.636. The summed E-state index contributed by atoms with van der Waals surface area (Å²) < 4.78 is 0. The third-order valence-electron chi connectivity index (χ3n) is 3.03. The highest BCUT2D eigenvalue weighted by molar-refractivity contribution is 9.08. The van der Waals surface area contributed by atoms with Crippen molar-refractivity contribution in [2.75, 3.05) is 11.9 Å². The van der Waals surface area contributed by atoms with E-state index in [1.54, 1.807) is 0 Å². The molecule has 1 aliphatic rings. The summed E-state index contributed by atoms with van der Waals surface area (Å²) in [5, 5.41) is 0.820. The molecule has 0 amide bonds. The summed E-state index contributed by atoms with van der Waals surface area (Å²) in [7, 11) is 2.10. The van der Waals surface area contributed by atoms with Crippen molar-refractivity contribution in [3.8, 4) is 0 Å². The first-order valence-electron chi connectivity index (χ1n) is 5.41. The number of aromatic nitrogens is 2. The van der Waals surface area contributed by atoms with Crippen LogP contribution in [0.15, 0.2) is 12.4 Å². The Kier molecular flexibility index (Phi) is 3.57. The molecule has 0 saturated heterocycles. The predicted molar refractivity (Wildman–Crippen MR) is 65.3 cm³/mol. The van der Waals surface area contributed by atoms with Crippen molar-refractivity contribution >= 4 is 21.9 Å². The van der Waals surface area contributed by atoms with E-state index in [1.165, 1.54) is 25.7 Å². The molecule has 82 valence electrons. The summed E-state index contributed by atoms with van der Waals surface area (Å²) in [5.41, 5.74) is 1.12. The molecular formula is C11H16BrN3. The average Bonchev–Trinajstić information content (AvgIpc) is 2.82. The third-order valence-corrected chi connectivity index (χ3v) is 3.68. The van der Waals surface area contributed by atoms with Crippen molar-refractivity contribution in [1.29, 1.82) is 0 Å². The first-order chi connectivity index (χ1) is 7.31. The largest absolute Gasteiger partial charge is 0.341 e. The van der Waals surface area contributed by atoms with Crippen LogP contribution >= 0.6 is 15.9 Å². The monoisotopic (exact) mass is 269 g/mol. The molecular weight excluding hydrogens is 254 g/mol. The van der Waals surface area contributed by atoms with Crippen molar-refractivity contribution in [2.24, 2.45) is 0 Å². The summed E-state index contributed by atoms with van der Waals surface area (Å²) in [6, 6.07) is 0.639. The first-order valence-corrected chi connectivity index (χ1v) is 6.53. The quantitative estimate of drug-likeness (QED) is 0.791. The molecule has 0 bridgehead atoms. The van der Waals surface area contributed by atoms with E-state index in [2.05, 4.69) is 37.8 Å². The van der Waals surface area contributed by atoms with Gasteiger partial charge in [-0.2, -0.15) is 0 Å². The van der Waals surface area contributed by atoms with Gasteiger partial charge in [0, 0.05) is 30.8 Å². The number of nitrogens with zero attached hydrogens (tertiary/aromatic N) is 3. The zero-order valence-corrected chi connectivity index (χ0v) is 10.6. The number of alkyl halides is 1. The van der Waals surface area contributed by atoms with Crippen LogP contribution in [0.1, 0.15) is 31.2 Å². The average molecular weight is 270 g/mol. The SMILES string of the molecule is CN(c1ncc(CBr)cn1)C1CCCC1. The Bertz CT molecular complexity index is 306. The summed E-state index contributed by atoms with van der Waals surface area (Å²) in [5.74, 6) is 0.853. The Morgan fingerprint density at radius 3 is 2.47 bits per heavy atom. The van der Waals surface area contributed by atoms with Gasteiger partial charge in [-0.3, -0.25) is 0 Å². The lowest BCUT2D eigenvalue weighted by atomic mass is 10.2. The fourth-order valence-corrected chi connectivity index (χ4v) is 2.34. The van der Waals surface area contributed by atoms with Gasteiger partial charge in [-0.05, 0) is 18.4 Å². The molecule has 0 radical (unpaired) electrons. The maximum absolute atomic E-state index is 4.38. The summed E-state index contributed by atoms with van der Waals surface area (Å²) in [6.07, 6.45) is 9.02. The zero-order valence-electron chi connectivity index (χ0n) is 8.99. The van der Waals surface area contributed by atoms with E-state index in [-0.39, 0.29) is 0 Å². The second-order valence-corrected chi connectivity index (χ2v) is 4.63. The lowest BCUT2D eigenvalue weighted by Crippen LogP contribution is -2.30. The van der Waals surface area contributed by atoms with Crippen LogP contribution in [0.25, 0.3) is 0 Å². The van der Waals surface area contributed by atoms with Gasteiger partial charge in [0.15, 0.2) is 0 Å². The molecule has 0 unspecified atom stereocenters. The summed E-state index contributed by atoms with van der Waals surface area (Å²) in [4.78, 5) is 11.0. The van der Waals surface area contributed by atoms with Gasteiger partial charge in [-0.1, -0.05) is 28.8 Å². The number of rotatable bonds is 3. The van der Waals surface area contributed by atoms with Crippen molar-refractivity contribution in [3.63, 3.8) is 0 Å². The second kappa shape index (κ2) is 4.92. The number of halogens is 1. The van der Waals surface area contributed by atoms with E-state index < -0.39 is 0 Å². The molecule has 0 aromatic carbocycles. The van der Waals surface area contributed by atoms with Crippen molar-refractivity contribution < 1.29 is 0 Å². The highest BCUT2D eigenvalue weighted by atomic mass is 79.9. The maximum atomic E-state index is 4.38. The van der Waals surface area contributed by atoms with Gasteiger partial charge in [0.05, 0.1) is 0 Å². The molecule has 0 atom stereocenters. The first kappa shape index (κ1) is 10.9. The van der Waals surface area contributed by atoms with E-state index in [9.17, 15) is 0 Å². The van der Waals surface area contributed by atoms with Crippen LogP contribution in [0.4, 0.5) is 5.95 Å². The van der Waals surface area contributed by atoms with Gasteiger partial charge in [-0.15, -0.1) is 0 Å². The minimum Gasteiger partial charge on any atom is -0.341 e. The number of hydrogen-bond acceptors (Lipinski definition) is 3. The Morgan fingerprint density at radius 1 is 1.33 bits per heavy atom. The van der Waals surface area contributed by atoms with Gasteiger partial charge in [-0.25, -0.2) is 9.97 Å². The number of anilines is 1. The molecule has 1 heterocycles. The summed E-state index contributed by atoms with van der Waals surface area (Å²) >= 11 is 3.39. The minimum atomic E-state index is 0.639. The smallest absolute Gasteiger partial charge is 0.225 e. The lowest BCUT2D eigenvalue weighted by molar-refractivity contribution is 0.638. The van der Waals surface area contributed by atoms with E-state index in [0.717, 1.165) is 16.8 Å². The van der Waals surface area contributed by atoms with Gasteiger partial charge in [0.1, 0.15) is 0 Å². The van der Waals surface area contributed by atoms with Crippen LogP contribution in [0.5, 0.6) is 0 Å². The molecule has 1 saturated carbocycles. The van der Waals surface area contributed by atoms with Crippen molar-refractivity contribution in [1.82, 2.24) is 9.97 Å². The Hall–Kier alpha value is -0.640. The topological polar surface area (TPSA) is 29.0 Å².